The summed E-state index contributed by atoms with van der Waals surface area (Å²) in [4.78, 5) is 15.2. The van der Waals surface area contributed by atoms with Gasteiger partial charge >= 0.3 is 12.3 Å². The van der Waals surface area contributed by atoms with Gasteiger partial charge in [-0.05, 0) is 62.7 Å². The zero-order valence-electron chi connectivity index (χ0n) is 14.0. The Bertz CT molecular complexity index is 599. The van der Waals surface area contributed by atoms with E-state index in [2.05, 4.69) is 26.2 Å². The molecule has 1 heterocycles. The molecule has 0 saturated heterocycles. The van der Waals surface area contributed by atoms with Crippen LogP contribution in [0.2, 0.25) is 0 Å². The number of nitrogens with one attached hydrogen (secondary N) is 1. The molecule has 0 unspecified atom stereocenters. The lowest BCUT2D eigenvalue weighted by molar-refractivity contribution is -0.142. The topological polar surface area (TPSA) is 60.5 Å². The Morgan fingerprint density at radius 1 is 1.21 bits per heavy atom. The molecule has 0 aliphatic carbocycles. The highest BCUT2D eigenvalue weighted by molar-refractivity contribution is 9.10. The Balaban J connectivity index is 2.80. The van der Waals surface area contributed by atoms with Gasteiger partial charge in [0, 0.05) is 0 Å². The van der Waals surface area contributed by atoms with Crippen molar-refractivity contribution in [3.63, 3.8) is 0 Å². The minimum Gasteiger partial charge on any atom is -0.489 e. The third-order valence-electron chi connectivity index (χ3n) is 2.52. The summed E-state index contributed by atoms with van der Waals surface area (Å²) in [5, 5.41) is 2.56. The highest BCUT2D eigenvalue weighted by atomic mass is 79.9. The number of carbonyl (C=O) groups is 1. The monoisotopic (exact) mass is 412 g/mol. The molecular formula is C15H20BrF3N2O3. The normalized spacial score (nSPS) is 12.7. The summed E-state index contributed by atoms with van der Waals surface area (Å²) in [7, 11) is 0. The second kappa shape index (κ2) is 7.16. The molecule has 1 aromatic heterocycles. The van der Waals surface area contributed by atoms with Crippen molar-refractivity contribution in [1.29, 1.82) is 0 Å². The molecule has 0 atom stereocenters. The Morgan fingerprint density at radius 2 is 1.79 bits per heavy atom. The van der Waals surface area contributed by atoms with Crippen LogP contribution in [0.15, 0.2) is 16.7 Å². The van der Waals surface area contributed by atoms with Crippen LogP contribution in [-0.2, 0) is 10.9 Å². The molecule has 24 heavy (non-hydrogen) atoms. The van der Waals surface area contributed by atoms with Gasteiger partial charge < -0.3 is 14.8 Å². The van der Waals surface area contributed by atoms with Crippen LogP contribution in [0.3, 0.4) is 0 Å². The zero-order valence-corrected chi connectivity index (χ0v) is 15.6. The van der Waals surface area contributed by atoms with E-state index in [1.807, 2.05) is 0 Å². The lowest BCUT2D eigenvalue weighted by Gasteiger charge is -2.28. The number of hydrogen-bond acceptors (Lipinski definition) is 4. The number of halogens is 4. The number of alkyl halides is 3. The van der Waals surface area contributed by atoms with Gasteiger partial charge in [0.2, 0.25) is 0 Å². The Kier molecular flexibility index (Phi) is 6.13. The molecule has 9 heteroatoms. The lowest BCUT2D eigenvalue weighted by atomic mass is 10.1. The van der Waals surface area contributed by atoms with Gasteiger partial charge in [-0.25, -0.2) is 9.78 Å². The fourth-order valence-corrected chi connectivity index (χ4v) is 1.93. The molecular weight excluding hydrogens is 393 g/mol. The molecule has 0 saturated carbocycles. The van der Waals surface area contributed by atoms with Crippen LogP contribution in [0, 0.1) is 0 Å². The molecule has 1 N–H and O–H groups in total. The van der Waals surface area contributed by atoms with E-state index in [4.69, 9.17) is 9.47 Å². The molecule has 0 aromatic carbocycles. The van der Waals surface area contributed by atoms with Gasteiger partial charge in [0.25, 0.3) is 0 Å². The second-order valence-corrected chi connectivity index (χ2v) is 7.59. The zero-order chi connectivity index (χ0) is 18.8. The average Bonchev–Trinajstić information content (AvgIpc) is 2.32. The van der Waals surface area contributed by atoms with E-state index in [0.717, 1.165) is 0 Å². The lowest BCUT2D eigenvalue weighted by Crippen LogP contribution is -2.49. The van der Waals surface area contributed by atoms with Gasteiger partial charge in [-0.15, -0.1) is 0 Å². The largest absolute Gasteiger partial charge is 0.489 e. The summed E-state index contributed by atoms with van der Waals surface area (Å²) in [5.41, 5.74) is -2.76. The standard InChI is InChI=1S/C15H20BrF3N2O3/c1-13(2,3)24-12(22)21-14(4,5)8-23-9-6-7-10(16)20-11(9)15(17,18)19/h6-7H,8H2,1-5H3,(H,21,22). The number of ether oxygens (including phenoxy) is 2. The van der Waals surface area contributed by atoms with E-state index in [9.17, 15) is 18.0 Å². The summed E-state index contributed by atoms with van der Waals surface area (Å²) in [5.74, 6) is -0.412. The van der Waals surface area contributed by atoms with Crippen LogP contribution in [0.4, 0.5) is 18.0 Å². The average molecular weight is 413 g/mol. The number of rotatable bonds is 4. The first-order valence-corrected chi connectivity index (χ1v) is 7.87. The van der Waals surface area contributed by atoms with Crippen molar-refractivity contribution in [2.24, 2.45) is 0 Å². The summed E-state index contributed by atoms with van der Waals surface area (Å²) in [6.07, 6.45) is -5.33. The molecule has 0 bridgehead atoms. The number of pyridine rings is 1. The number of nitrogens with zero attached hydrogens (tertiary/aromatic N) is 1. The van der Waals surface area contributed by atoms with Crippen LogP contribution in [0.25, 0.3) is 0 Å². The maximum Gasteiger partial charge on any atom is 0.437 e. The molecule has 0 fully saturated rings. The Labute approximate surface area is 147 Å². The fraction of sp³-hybridized carbons (Fsp3) is 0.600. The van der Waals surface area contributed by atoms with Gasteiger partial charge in [0.05, 0.1) is 5.54 Å². The quantitative estimate of drug-likeness (QED) is 0.737. The second-order valence-electron chi connectivity index (χ2n) is 6.78. The van der Waals surface area contributed by atoms with Crippen LogP contribution < -0.4 is 10.1 Å². The van der Waals surface area contributed by atoms with Crippen LogP contribution in [-0.4, -0.2) is 28.8 Å². The molecule has 0 aliphatic rings. The van der Waals surface area contributed by atoms with Crippen molar-refractivity contribution in [1.82, 2.24) is 10.3 Å². The van der Waals surface area contributed by atoms with Gasteiger partial charge in [0.15, 0.2) is 5.69 Å². The van der Waals surface area contributed by atoms with Crippen molar-refractivity contribution < 1.29 is 27.4 Å². The summed E-state index contributed by atoms with van der Waals surface area (Å²) >= 11 is 2.90. The molecule has 0 spiro atoms. The fourth-order valence-electron chi connectivity index (χ4n) is 1.62. The molecule has 0 radical (unpaired) electrons. The summed E-state index contributed by atoms with van der Waals surface area (Å²) < 4.78 is 49.4. The van der Waals surface area contributed by atoms with Crippen LogP contribution >= 0.6 is 15.9 Å². The third kappa shape index (κ3) is 6.94. The van der Waals surface area contributed by atoms with Crippen molar-refractivity contribution >= 4 is 22.0 Å². The van der Waals surface area contributed by atoms with Gasteiger partial charge in [-0.1, -0.05) is 0 Å². The van der Waals surface area contributed by atoms with Gasteiger partial charge in [-0.3, -0.25) is 0 Å². The minimum absolute atomic E-state index is 0.0494. The maximum absolute atomic E-state index is 13.0. The van der Waals surface area contributed by atoms with E-state index < -0.39 is 34.9 Å². The first-order valence-electron chi connectivity index (χ1n) is 7.07. The first kappa shape index (κ1) is 20.5. The number of carbonyl (C=O) groups excluding carboxylic acids is 1. The summed E-state index contributed by atoms with van der Waals surface area (Å²) in [6, 6.07) is 2.52. The number of aromatic nitrogens is 1. The van der Waals surface area contributed by atoms with E-state index in [0.29, 0.717) is 0 Å². The third-order valence-corrected chi connectivity index (χ3v) is 2.96. The predicted octanol–water partition coefficient (Wildman–Crippen LogP) is 4.55. The number of amides is 1. The molecule has 136 valence electrons. The first-order chi connectivity index (χ1) is 10.7. The van der Waals surface area contributed by atoms with Crippen molar-refractivity contribution in [2.75, 3.05) is 6.61 Å². The van der Waals surface area contributed by atoms with Crippen molar-refractivity contribution in [2.45, 2.75) is 51.9 Å². The maximum atomic E-state index is 13.0. The van der Waals surface area contributed by atoms with E-state index in [1.165, 1.54) is 12.1 Å². The van der Waals surface area contributed by atoms with Crippen molar-refractivity contribution in [3.05, 3.63) is 22.4 Å². The number of hydrogen-bond donors (Lipinski definition) is 1. The van der Waals surface area contributed by atoms with Gasteiger partial charge in [-0.2, -0.15) is 13.2 Å². The van der Waals surface area contributed by atoms with E-state index in [1.54, 1.807) is 34.6 Å². The molecule has 5 nitrogen and oxygen atoms in total. The van der Waals surface area contributed by atoms with Gasteiger partial charge in [0.1, 0.15) is 22.6 Å². The van der Waals surface area contributed by atoms with E-state index >= 15 is 0 Å². The number of alkyl carbamates (subject to hydrolysis) is 1. The minimum atomic E-state index is -4.65. The SMILES string of the molecule is CC(C)(COc1ccc(Br)nc1C(F)(F)F)NC(=O)OC(C)(C)C. The highest BCUT2D eigenvalue weighted by Gasteiger charge is 2.37. The Morgan fingerprint density at radius 3 is 2.29 bits per heavy atom. The molecule has 1 rings (SSSR count). The highest BCUT2D eigenvalue weighted by Crippen LogP contribution is 2.35. The summed E-state index contributed by atoms with van der Waals surface area (Å²) in [6.45, 7) is 8.14. The molecule has 0 aliphatic heterocycles. The van der Waals surface area contributed by atoms with Crippen molar-refractivity contribution in [3.8, 4) is 5.75 Å². The van der Waals surface area contributed by atoms with E-state index in [-0.39, 0.29) is 11.2 Å². The Hall–Kier alpha value is -1.51. The predicted molar refractivity (Wildman–Crippen MR) is 85.9 cm³/mol. The molecule has 1 aromatic rings. The molecule has 1 amide bonds. The van der Waals surface area contributed by atoms with Crippen LogP contribution in [0.1, 0.15) is 40.3 Å². The smallest absolute Gasteiger partial charge is 0.437 e. The van der Waals surface area contributed by atoms with Crippen LogP contribution in [0.5, 0.6) is 5.75 Å².